The lowest BCUT2D eigenvalue weighted by Gasteiger charge is -2.18. The second-order valence-corrected chi connectivity index (χ2v) is 5.17. The average molecular weight is 304 g/mol. The van der Waals surface area contributed by atoms with E-state index in [1.54, 1.807) is 36.2 Å². The Bertz CT molecular complexity index is 572. The van der Waals surface area contributed by atoms with Crippen molar-refractivity contribution in [2.75, 3.05) is 33.7 Å². The molecular weight excluding hydrogens is 284 g/mol. The summed E-state index contributed by atoms with van der Waals surface area (Å²) >= 11 is 0. The number of nitrogens with one attached hydrogen (secondary N) is 2. The number of carbonyl (C=O) groups is 3. The van der Waals surface area contributed by atoms with E-state index in [0.717, 1.165) is 10.5 Å². The summed E-state index contributed by atoms with van der Waals surface area (Å²) < 4.78 is 0. The Balaban J connectivity index is 2.08. The smallest absolute Gasteiger partial charge is 0.324 e. The minimum Gasteiger partial charge on any atom is -0.340 e. The first kappa shape index (κ1) is 16.0. The third kappa shape index (κ3) is 3.62. The largest absolute Gasteiger partial charge is 0.340 e. The van der Waals surface area contributed by atoms with Crippen molar-refractivity contribution in [2.24, 2.45) is 0 Å². The van der Waals surface area contributed by atoms with Crippen LogP contribution >= 0.6 is 0 Å². The highest BCUT2D eigenvalue weighted by Crippen LogP contribution is 2.12. The van der Waals surface area contributed by atoms with Crippen LogP contribution in [0.3, 0.4) is 0 Å². The monoisotopic (exact) mass is 304 g/mol. The van der Waals surface area contributed by atoms with Crippen LogP contribution in [0, 0.1) is 0 Å². The fraction of sp³-hybridized carbons (Fsp3) is 0.400. The van der Waals surface area contributed by atoms with Crippen LogP contribution in [-0.4, -0.2) is 61.4 Å². The molecule has 7 heteroatoms. The maximum Gasteiger partial charge on any atom is 0.324 e. The van der Waals surface area contributed by atoms with E-state index in [1.807, 2.05) is 7.05 Å². The second-order valence-electron chi connectivity index (χ2n) is 5.17. The molecule has 0 unspecified atom stereocenters. The van der Waals surface area contributed by atoms with Crippen LogP contribution in [0.5, 0.6) is 0 Å². The van der Waals surface area contributed by atoms with Gasteiger partial charge in [0, 0.05) is 25.7 Å². The quantitative estimate of drug-likeness (QED) is 0.727. The highest BCUT2D eigenvalue weighted by molar-refractivity contribution is 6.02. The van der Waals surface area contributed by atoms with Gasteiger partial charge in [-0.1, -0.05) is 12.1 Å². The Hall–Kier alpha value is -2.41. The lowest BCUT2D eigenvalue weighted by Crippen LogP contribution is -2.33. The van der Waals surface area contributed by atoms with Crippen LogP contribution in [0.15, 0.2) is 24.3 Å². The molecule has 0 radical (unpaired) electrons. The van der Waals surface area contributed by atoms with Gasteiger partial charge < -0.3 is 15.5 Å². The Morgan fingerprint density at radius 1 is 1.41 bits per heavy atom. The van der Waals surface area contributed by atoms with Crippen LogP contribution < -0.4 is 10.6 Å². The molecule has 1 aromatic rings. The highest BCUT2D eigenvalue weighted by Gasteiger charge is 2.28. The molecule has 1 heterocycles. The summed E-state index contributed by atoms with van der Waals surface area (Å²) in [5.74, 6) is -0.345. The number of carbonyl (C=O) groups excluding carboxylic acids is 3. The average Bonchev–Trinajstić information content (AvgIpc) is 2.84. The molecule has 0 saturated carbocycles. The van der Waals surface area contributed by atoms with E-state index in [9.17, 15) is 14.4 Å². The summed E-state index contributed by atoms with van der Waals surface area (Å²) in [5.41, 5.74) is 1.29. The van der Waals surface area contributed by atoms with Crippen molar-refractivity contribution in [3.63, 3.8) is 0 Å². The zero-order valence-corrected chi connectivity index (χ0v) is 12.8. The highest BCUT2D eigenvalue weighted by atomic mass is 16.2. The van der Waals surface area contributed by atoms with Gasteiger partial charge in [0.15, 0.2) is 0 Å². The molecular formula is C15H20N4O3. The molecule has 22 heavy (non-hydrogen) atoms. The number of rotatable bonds is 6. The van der Waals surface area contributed by atoms with Crippen LogP contribution in [0.4, 0.5) is 4.79 Å². The molecule has 4 amide bonds. The van der Waals surface area contributed by atoms with E-state index in [1.165, 1.54) is 0 Å². The van der Waals surface area contributed by atoms with Gasteiger partial charge >= 0.3 is 6.03 Å². The Labute approximate surface area is 129 Å². The van der Waals surface area contributed by atoms with Gasteiger partial charge in [0.25, 0.3) is 5.91 Å². The first-order chi connectivity index (χ1) is 10.5. The summed E-state index contributed by atoms with van der Waals surface area (Å²) in [6.45, 7) is 1.52. The van der Waals surface area contributed by atoms with E-state index in [-0.39, 0.29) is 24.9 Å². The molecule has 0 spiro atoms. The van der Waals surface area contributed by atoms with Crippen molar-refractivity contribution >= 4 is 17.8 Å². The van der Waals surface area contributed by atoms with Gasteiger partial charge in [-0.05, 0) is 24.7 Å². The summed E-state index contributed by atoms with van der Waals surface area (Å²) in [4.78, 5) is 38.2. The summed E-state index contributed by atoms with van der Waals surface area (Å²) in [6, 6.07) is 6.61. The lowest BCUT2D eigenvalue weighted by atomic mass is 10.1. The number of benzene rings is 1. The minimum atomic E-state index is -0.395. The maximum atomic E-state index is 12.3. The molecule has 0 bridgehead atoms. The van der Waals surface area contributed by atoms with Gasteiger partial charge in [-0.2, -0.15) is 0 Å². The third-order valence-electron chi connectivity index (χ3n) is 3.50. The fourth-order valence-corrected chi connectivity index (χ4v) is 2.20. The zero-order valence-electron chi connectivity index (χ0n) is 12.8. The first-order valence-electron chi connectivity index (χ1n) is 7.10. The van der Waals surface area contributed by atoms with E-state index >= 15 is 0 Å². The molecule has 1 aliphatic heterocycles. The number of imide groups is 1. The molecule has 0 atom stereocenters. The number of urea groups is 1. The molecule has 1 aliphatic rings. The Morgan fingerprint density at radius 3 is 2.82 bits per heavy atom. The first-order valence-corrected chi connectivity index (χ1v) is 7.10. The topological polar surface area (TPSA) is 81.8 Å². The van der Waals surface area contributed by atoms with Crippen molar-refractivity contribution < 1.29 is 14.4 Å². The van der Waals surface area contributed by atoms with Crippen molar-refractivity contribution in [1.29, 1.82) is 0 Å². The van der Waals surface area contributed by atoms with E-state index < -0.39 is 6.03 Å². The zero-order chi connectivity index (χ0) is 16.1. The van der Waals surface area contributed by atoms with Gasteiger partial charge in [-0.15, -0.1) is 0 Å². The molecule has 0 aromatic heterocycles. The standard InChI is InChI=1S/C15H20N4O3/c1-16-6-7-18(2)14(21)12-5-3-4-11(8-12)10-19-13(20)9-17-15(19)22/h3-5,8,16H,6-7,9-10H2,1-2H3,(H,17,22). The minimum absolute atomic E-state index is 0.0320. The van der Waals surface area contributed by atoms with E-state index in [4.69, 9.17) is 0 Å². The summed E-state index contributed by atoms with van der Waals surface area (Å²) in [6.07, 6.45) is 0. The van der Waals surface area contributed by atoms with Crippen LogP contribution in [0.25, 0.3) is 0 Å². The number of nitrogens with zero attached hydrogens (tertiary/aromatic N) is 2. The van der Waals surface area contributed by atoms with Crippen molar-refractivity contribution in [1.82, 2.24) is 20.4 Å². The molecule has 1 saturated heterocycles. The van der Waals surface area contributed by atoms with Crippen molar-refractivity contribution in [3.05, 3.63) is 35.4 Å². The van der Waals surface area contributed by atoms with Gasteiger partial charge in [0.2, 0.25) is 5.91 Å². The maximum absolute atomic E-state index is 12.3. The van der Waals surface area contributed by atoms with Crippen LogP contribution in [0.2, 0.25) is 0 Å². The van der Waals surface area contributed by atoms with Crippen molar-refractivity contribution in [2.45, 2.75) is 6.54 Å². The number of amides is 4. The van der Waals surface area contributed by atoms with Crippen LogP contribution in [0.1, 0.15) is 15.9 Å². The molecule has 2 rings (SSSR count). The van der Waals surface area contributed by atoms with Gasteiger partial charge in [0.05, 0.1) is 13.1 Å². The fourth-order valence-electron chi connectivity index (χ4n) is 2.20. The second kappa shape index (κ2) is 7.04. The number of hydrogen-bond donors (Lipinski definition) is 2. The lowest BCUT2D eigenvalue weighted by molar-refractivity contribution is -0.125. The number of hydrogen-bond acceptors (Lipinski definition) is 4. The van der Waals surface area contributed by atoms with Gasteiger partial charge in [0.1, 0.15) is 0 Å². The predicted octanol–water partition coefficient (Wildman–Crippen LogP) is 0.0298. The van der Waals surface area contributed by atoms with Crippen molar-refractivity contribution in [3.8, 4) is 0 Å². The summed E-state index contributed by atoms with van der Waals surface area (Å²) in [7, 11) is 3.57. The van der Waals surface area contributed by atoms with E-state index in [2.05, 4.69) is 10.6 Å². The third-order valence-corrected chi connectivity index (χ3v) is 3.50. The normalized spacial score (nSPS) is 14.2. The molecule has 1 fully saturated rings. The predicted molar refractivity (Wildman–Crippen MR) is 81.3 cm³/mol. The Kier molecular flexibility index (Phi) is 5.11. The molecule has 0 aliphatic carbocycles. The van der Waals surface area contributed by atoms with Gasteiger partial charge in [-0.3, -0.25) is 14.5 Å². The Morgan fingerprint density at radius 2 is 2.18 bits per heavy atom. The number of likely N-dealkylation sites (N-methyl/N-ethyl adjacent to an activating group) is 2. The van der Waals surface area contributed by atoms with Gasteiger partial charge in [-0.25, -0.2) is 4.79 Å². The molecule has 118 valence electrons. The molecule has 1 aromatic carbocycles. The van der Waals surface area contributed by atoms with Crippen LogP contribution in [-0.2, 0) is 11.3 Å². The van der Waals surface area contributed by atoms with E-state index in [0.29, 0.717) is 18.7 Å². The molecule has 7 nitrogen and oxygen atoms in total. The summed E-state index contributed by atoms with van der Waals surface area (Å²) in [5, 5.41) is 5.47. The SMILES string of the molecule is CNCCN(C)C(=O)c1cccc(CN2C(=O)CNC2=O)c1. The molecule has 2 N–H and O–H groups in total.